The molecule has 30 heavy (non-hydrogen) atoms. The number of likely N-dealkylation sites (N-methyl/N-ethyl adjacent to an activating group) is 1. The summed E-state index contributed by atoms with van der Waals surface area (Å²) < 4.78 is 10.9. The molecule has 0 bridgehead atoms. The highest BCUT2D eigenvalue weighted by molar-refractivity contribution is 6.02. The van der Waals surface area contributed by atoms with Crippen molar-refractivity contribution in [1.29, 1.82) is 0 Å². The molecule has 7 nitrogen and oxygen atoms in total. The van der Waals surface area contributed by atoms with Crippen LogP contribution in [0.1, 0.15) is 16.1 Å². The molecule has 0 aliphatic rings. The number of nitrogens with one attached hydrogen (secondary N) is 2. The molecule has 0 fully saturated rings. The summed E-state index contributed by atoms with van der Waals surface area (Å²) in [6.45, 7) is 1.81. The maximum Gasteiger partial charge on any atom is 0.291 e. The number of rotatable bonds is 8. The molecule has 0 saturated carbocycles. The number of anilines is 1. The zero-order valence-corrected chi connectivity index (χ0v) is 17.2. The van der Waals surface area contributed by atoms with Crippen LogP contribution < -0.4 is 15.4 Å². The summed E-state index contributed by atoms with van der Waals surface area (Å²) in [6.07, 6.45) is 1.47. The van der Waals surface area contributed by atoms with Gasteiger partial charge in [-0.05, 0) is 42.0 Å². The third-order valence-corrected chi connectivity index (χ3v) is 4.39. The van der Waals surface area contributed by atoms with Gasteiger partial charge in [0.2, 0.25) is 0 Å². The van der Waals surface area contributed by atoms with Crippen molar-refractivity contribution in [1.82, 2.24) is 10.2 Å². The first-order valence-corrected chi connectivity index (χ1v) is 9.69. The number of furan rings is 1. The monoisotopic (exact) mass is 406 g/mol. The van der Waals surface area contributed by atoms with E-state index in [0.29, 0.717) is 25.4 Å². The van der Waals surface area contributed by atoms with Crippen molar-refractivity contribution in [2.75, 3.05) is 32.6 Å². The summed E-state index contributed by atoms with van der Waals surface area (Å²) in [7, 11) is 3.71. The van der Waals surface area contributed by atoms with E-state index >= 15 is 0 Å². The molecular weight excluding hydrogens is 380 g/mol. The van der Waals surface area contributed by atoms with Gasteiger partial charge in [0.15, 0.2) is 11.7 Å². The molecule has 2 aromatic carbocycles. The summed E-state index contributed by atoms with van der Waals surface area (Å²) in [6, 6.07) is 20.7. The van der Waals surface area contributed by atoms with Crippen LogP contribution in [0.25, 0.3) is 0 Å². The van der Waals surface area contributed by atoms with Gasteiger partial charge in [-0.1, -0.05) is 30.3 Å². The van der Waals surface area contributed by atoms with Crippen LogP contribution in [0.2, 0.25) is 0 Å². The van der Waals surface area contributed by atoms with E-state index in [9.17, 15) is 4.79 Å². The van der Waals surface area contributed by atoms with E-state index in [-0.39, 0.29) is 11.7 Å². The molecule has 0 radical (unpaired) electrons. The Morgan fingerprint density at radius 3 is 2.67 bits per heavy atom. The summed E-state index contributed by atoms with van der Waals surface area (Å²) in [5.41, 5.74) is 1.72. The molecule has 2 N–H and O–H groups in total. The summed E-state index contributed by atoms with van der Waals surface area (Å²) in [5, 5.41) is 6.17. The minimum Gasteiger partial charge on any atom is -0.492 e. The molecule has 0 unspecified atom stereocenters. The van der Waals surface area contributed by atoms with Crippen LogP contribution in [0.4, 0.5) is 5.69 Å². The molecule has 0 saturated heterocycles. The van der Waals surface area contributed by atoms with Gasteiger partial charge in [-0.2, -0.15) is 0 Å². The molecule has 1 heterocycles. The maximum absolute atomic E-state index is 12.1. The summed E-state index contributed by atoms with van der Waals surface area (Å²) >= 11 is 0. The lowest BCUT2D eigenvalue weighted by Crippen LogP contribution is -2.40. The molecule has 7 heteroatoms. The molecule has 156 valence electrons. The third-order valence-electron chi connectivity index (χ3n) is 4.39. The predicted octanol–water partition coefficient (Wildman–Crippen LogP) is 3.62. The first kappa shape index (κ1) is 21.0. The molecule has 3 aromatic rings. The van der Waals surface area contributed by atoms with Crippen LogP contribution >= 0.6 is 0 Å². The molecule has 0 aliphatic carbocycles. The predicted molar refractivity (Wildman–Crippen MR) is 118 cm³/mol. The number of guanidine groups is 1. The molecule has 0 spiro atoms. The second-order valence-electron chi connectivity index (χ2n) is 6.62. The fourth-order valence-electron chi connectivity index (χ4n) is 2.85. The minimum atomic E-state index is -0.279. The van der Waals surface area contributed by atoms with Gasteiger partial charge in [0.25, 0.3) is 5.91 Å². The van der Waals surface area contributed by atoms with Crippen LogP contribution in [-0.2, 0) is 6.54 Å². The van der Waals surface area contributed by atoms with Crippen molar-refractivity contribution in [2.24, 2.45) is 4.99 Å². The van der Waals surface area contributed by atoms with Crippen molar-refractivity contribution < 1.29 is 13.9 Å². The van der Waals surface area contributed by atoms with Crippen LogP contribution in [0.15, 0.2) is 82.4 Å². The zero-order chi connectivity index (χ0) is 21.2. The van der Waals surface area contributed by atoms with E-state index < -0.39 is 0 Å². The lowest BCUT2D eigenvalue weighted by atomic mass is 10.2. The van der Waals surface area contributed by atoms with Crippen molar-refractivity contribution >= 4 is 17.6 Å². The number of para-hydroxylation sites is 1. The Bertz CT molecular complexity index is 956. The molecule has 1 aromatic heterocycles. The van der Waals surface area contributed by atoms with E-state index in [2.05, 4.69) is 15.6 Å². The van der Waals surface area contributed by atoms with E-state index in [1.807, 2.05) is 66.5 Å². The van der Waals surface area contributed by atoms with E-state index in [1.165, 1.54) is 6.26 Å². The highest BCUT2D eigenvalue weighted by Gasteiger charge is 2.10. The van der Waals surface area contributed by atoms with Crippen LogP contribution in [-0.4, -0.2) is 44.0 Å². The maximum atomic E-state index is 12.1. The quantitative estimate of drug-likeness (QED) is 0.441. The van der Waals surface area contributed by atoms with Crippen molar-refractivity contribution in [3.63, 3.8) is 0 Å². The smallest absolute Gasteiger partial charge is 0.291 e. The first-order valence-electron chi connectivity index (χ1n) is 9.69. The van der Waals surface area contributed by atoms with Gasteiger partial charge in [0.05, 0.1) is 12.8 Å². The number of nitrogens with zero attached hydrogens (tertiary/aromatic N) is 2. The van der Waals surface area contributed by atoms with Gasteiger partial charge >= 0.3 is 0 Å². The van der Waals surface area contributed by atoms with Crippen LogP contribution in [0.5, 0.6) is 5.75 Å². The summed E-state index contributed by atoms with van der Waals surface area (Å²) in [4.78, 5) is 18.5. The fraction of sp³-hybridized carbons (Fsp3) is 0.217. The Balaban J connectivity index is 1.48. The SMILES string of the molecule is CN=C(NCc1cccc(NC(=O)c2ccco2)c1)N(C)CCOc1ccccc1. The topological polar surface area (TPSA) is 79.1 Å². The molecule has 0 atom stereocenters. The van der Waals surface area contributed by atoms with Gasteiger partial charge < -0.3 is 24.7 Å². The largest absolute Gasteiger partial charge is 0.492 e. The number of benzene rings is 2. The van der Waals surface area contributed by atoms with Crippen LogP contribution in [0.3, 0.4) is 0 Å². The summed E-state index contributed by atoms with van der Waals surface area (Å²) in [5.74, 6) is 1.61. The van der Waals surface area contributed by atoms with Gasteiger partial charge in [0, 0.05) is 26.3 Å². The lowest BCUT2D eigenvalue weighted by molar-refractivity contribution is 0.0996. The van der Waals surface area contributed by atoms with E-state index in [4.69, 9.17) is 9.15 Å². The zero-order valence-electron chi connectivity index (χ0n) is 17.2. The normalized spacial score (nSPS) is 11.1. The number of carbonyl (C=O) groups is 1. The number of carbonyl (C=O) groups excluding carboxylic acids is 1. The van der Waals surface area contributed by atoms with Gasteiger partial charge in [0.1, 0.15) is 12.4 Å². The Kier molecular flexibility index (Phi) is 7.49. The van der Waals surface area contributed by atoms with Gasteiger partial charge in [-0.25, -0.2) is 0 Å². The van der Waals surface area contributed by atoms with Gasteiger partial charge in [-0.15, -0.1) is 0 Å². The average molecular weight is 406 g/mol. The van der Waals surface area contributed by atoms with Crippen molar-refractivity contribution in [3.05, 3.63) is 84.3 Å². The Hall–Kier alpha value is -3.74. The molecule has 1 amide bonds. The number of ether oxygens (including phenoxy) is 1. The number of aliphatic imine (C=N–C) groups is 1. The number of hydrogen-bond donors (Lipinski definition) is 2. The standard InChI is InChI=1S/C23H26N4O3/c1-24-23(27(2)13-15-29-20-10-4-3-5-11-20)25-17-18-8-6-9-19(16-18)26-22(28)21-12-7-14-30-21/h3-12,14,16H,13,15,17H2,1-2H3,(H,24,25)(H,26,28). The minimum absolute atomic E-state index is 0.276. The second kappa shape index (κ2) is 10.7. The number of amides is 1. The lowest BCUT2D eigenvalue weighted by Gasteiger charge is -2.22. The highest BCUT2D eigenvalue weighted by atomic mass is 16.5. The molecular formula is C23H26N4O3. The Morgan fingerprint density at radius 2 is 1.93 bits per heavy atom. The van der Waals surface area contributed by atoms with E-state index in [1.54, 1.807) is 19.2 Å². The Labute approximate surface area is 176 Å². The van der Waals surface area contributed by atoms with Crippen molar-refractivity contribution in [3.8, 4) is 5.75 Å². The first-order chi connectivity index (χ1) is 14.7. The molecule has 0 aliphatic heterocycles. The highest BCUT2D eigenvalue weighted by Crippen LogP contribution is 2.13. The third kappa shape index (κ3) is 6.13. The second-order valence-corrected chi connectivity index (χ2v) is 6.62. The van der Waals surface area contributed by atoms with Crippen molar-refractivity contribution in [2.45, 2.75) is 6.54 Å². The molecule has 3 rings (SSSR count). The average Bonchev–Trinajstić information content (AvgIpc) is 3.30. The fourth-order valence-corrected chi connectivity index (χ4v) is 2.85. The van der Waals surface area contributed by atoms with Crippen LogP contribution in [0, 0.1) is 0 Å². The van der Waals surface area contributed by atoms with Gasteiger partial charge in [-0.3, -0.25) is 9.79 Å². The Morgan fingerprint density at radius 1 is 1.10 bits per heavy atom. The van der Waals surface area contributed by atoms with E-state index in [0.717, 1.165) is 17.3 Å². The number of hydrogen-bond acceptors (Lipinski definition) is 4.